The second kappa shape index (κ2) is 8.68. The predicted molar refractivity (Wildman–Crippen MR) is 92.7 cm³/mol. The first-order chi connectivity index (χ1) is 12.3. The second-order valence-electron chi connectivity index (χ2n) is 5.55. The van der Waals surface area contributed by atoms with E-state index in [1.165, 1.54) is 24.3 Å². The van der Waals surface area contributed by atoms with Gasteiger partial charge >= 0.3 is 5.97 Å². The SMILES string of the molecule is Cc1ccc(S(=O)(=O)NCCC(=O)OCC(=O)c2ccc(F)cc2)cc1. The maximum Gasteiger partial charge on any atom is 0.307 e. The highest BCUT2D eigenvalue weighted by atomic mass is 32.2. The third kappa shape index (κ3) is 5.75. The molecule has 0 amide bonds. The molecular weight excluding hydrogens is 361 g/mol. The van der Waals surface area contributed by atoms with E-state index >= 15 is 0 Å². The van der Waals surface area contributed by atoms with Crippen LogP contribution in [-0.2, 0) is 19.6 Å². The van der Waals surface area contributed by atoms with Crippen LogP contribution in [0.2, 0.25) is 0 Å². The van der Waals surface area contributed by atoms with Crippen LogP contribution in [0.5, 0.6) is 0 Å². The smallest absolute Gasteiger partial charge is 0.307 e. The van der Waals surface area contributed by atoms with Crippen LogP contribution < -0.4 is 4.72 Å². The van der Waals surface area contributed by atoms with Gasteiger partial charge in [-0.25, -0.2) is 17.5 Å². The second-order valence-corrected chi connectivity index (χ2v) is 7.32. The van der Waals surface area contributed by atoms with Crippen LogP contribution in [0, 0.1) is 12.7 Å². The lowest BCUT2D eigenvalue weighted by Crippen LogP contribution is -2.27. The lowest BCUT2D eigenvalue weighted by Gasteiger charge is -2.07. The standard InChI is InChI=1S/C18H18FNO5S/c1-13-2-8-16(9-3-13)26(23,24)20-11-10-18(22)25-12-17(21)14-4-6-15(19)7-5-14/h2-9,20H,10-12H2,1H3. The maximum atomic E-state index is 12.8. The number of esters is 1. The summed E-state index contributed by atoms with van der Waals surface area (Å²) in [6.07, 6.45) is -0.220. The minimum Gasteiger partial charge on any atom is -0.457 e. The summed E-state index contributed by atoms with van der Waals surface area (Å²) in [6, 6.07) is 11.1. The van der Waals surface area contributed by atoms with Gasteiger partial charge in [0.05, 0.1) is 11.3 Å². The van der Waals surface area contributed by atoms with Gasteiger partial charge in [0.1, 0.15) is 5.82 Å². The topological polar surface area (TPSA) is 89.5 Å². The van der Waals surface area contributed by atoms with Crippen LogP contribution in [-0.4, -0.2) is 33.3 Å². The average molecular weight is 379 g/mol. The van der Waals surface area contributed by atoms with Gasteiger partial charge in [-0.05, 0) is 43.3 Å². The Morgan fingerprint density at radius 1 is 1.04 bits per heavy atom. The van der Waals surface area contributed by atoms with Crippen LogP contribution >= 0.6 is 0 Å². The maximum absolute atomic E-state index is 12.8. The van der Waals surface area contributed by atoms with Crippen molar-refractivity contribution in [1.29, 1.82) is 0 Å². The molecule has 0 fully saturated rings. The van der Waals surface area contributed by atoms with E-state index < -0.39 is 34.2 Å². The number of carbonyl (C=O) groups excluding carboxylic acids is 2. The molecule has 0 aliphatic heterocycles. The summed E-state index contributed by atoms with van der Waals surface area (Å²) in [6.45, 7) is 1.20. The van der Waals surface area contributed by atoms with Crippen molar-refractivity contribution in [2.24, 2.45) is 0 Å². The van der Waals surface area contributed by atoms with Crippen molar-refractivity contribution < 1.29 is 27.1 Å². The number of ether oxygens (including phenoxy) is 1. The summed E-state index contributed by atoms with van der Waals surface area (Å²) in [5, 5.41) is 0. The normalized spacial score (nSPS) is 11.2. The van der Waals surface area contributed by atoms with Crippen molar-refractivity contribution in [2.75, 3.05) is 13.2 Å². The first-order valence-electron chi connectivity index (χ1n) is 7.79. The molecule has 0 unspecified atom stereocenters. The Labute approximate surface area is 151 Å². The number of sulfonamides is 1. The molecular formula is C18H18FNO5S. The number of carbonyl (C=O) groups is 2. The number of aryl methyl sites for hydroxylation is 1. The summed E-state index contributed by atoms with van der Waals surface area (Å²) in [4.78, 5) is 23.5. The lowest BCUT2D eigenvalue weighted by atomic mass is 10.1. The van der Waals surface area contributed by atoms with E-state index in [1.54, 1.807) is 12.1 Å². The molecule has 0 aliphatic carbocycles. The lowest BCUT2D eigenvalue weighted by molar-refractivity contribution is -0.142. The molecule has 138 valence electrons. The van der Waals surface area contributed by atoms with Crippen molar-refractivity contribution in [2.45, 2.75) is 18.2 Å². The minimum absolute atomic E-state index is 0.1000. The summed E-state index contributed by atoms with van der Waals surface area (Å²) in [7, 11) is -3.71. The number of ketones is 1. The molecule has 6 nitrogen and oxygen atoms in total. The van der Waals surface area contributed by atoms with E-state index in [0.717, 1.165) is 17.7 Å². The van der Waals surface area contributed by atoms with Crippen molar-refractivity contribution in [1.82, 2.24) is 4.72 Å². The molecule has 0 aliphatic rings. The summed E-state index contributed by atoms with van der Waals surface area (Å²) in [5.74, 6) is -1.66. The van der Waals surface area contributed by atoms with Gasteiger partial charge in [0, 0.05) is 12.1 Å². The highest BCUT2D eigenvalue weighted by Crippen LogP contribution is 2.09. The molecule has 2 rings (SSSR count). The number of benzene rings is 2. The highest BCUT2D eigenvalue weighted by Gasteiger charge is 2.15. The summed E-state index contributed by atoms with van der Waals surface area (Å²) >= 11 is 0. The first-order valence-corrected chi connectivity index (χ1v) is 9.27. The fraction of sp³-hybridized carbons (Fsp3) is 0.222. The molecule has 1 N–H and O–H groups in total. The van der Waals surface area contributed by atoms with Crippen LogP contribution in [0.4, 0.5) is 4.39 Å². The fourth-order valence-corrected chi connectivity index (χ4v) is 3.06. The van der Waals surface area contributed by atoms with Crippen molar-refractivity contribution in [3.63, 3.8) is 0 Å². The van der Waals surface area contributed by atoms with E-state index in [9.17, 15) is 22.4 Å². The molecule has 0 spiro atoms. The van der Waals surface area contributed by atoms with E-state index in [-0.39, 0.29) is 23.4 Å². The number of rotatable bonds is 8. The van der Waals surface area contributed by atoms with Crippen molar-refractivity contribution >= 4 is 21.8 Å². The van der Waals surface area contributed by atoms with Gasteiger partial charge in [-0.2, -0.15) is 0 Å². The molecule has 2 aromatic rings. The average Bonchev–Trinajstić information content (AvgIpc) is 2.60. The zero-order valence-corrected chi connectivity index (χ0v) is 14.9. The molecule has 2 aromatic carbocycles. The molecule has 8 heteroatoms. The van der Waals surface area contributed by atoms with Crippen LogP contribution in [0.25, 0.3) is 0 Å². The molecule has 0 saturated carbocycles. The Morgan fingerprint density at radius 3 is 2.27 bits per heavy atom. The van der Waals surface area contributed by atoms with Gasteiger partial charge in [-0.15, -0.1) is 0 Å². The number of hydrogen-bond donors (Lipinski definition) is 1. The Morgan fingerprint density at radius 2 is 1.65 bits per heavy atom. The minimum atomic E-state index is -3.71. The van der Waals surface area contributed by atoms with E-state index in [4.69, 9.17) is 4.74 Å². The fourth-order valence-electron chi connectivity index (χ4n) is 2.03. The Hall–Kier alpha value is -2.58. The van der Waals surface area contributed by atoms with Gasteiger partial charge < -0.3 is 4.74 Å². The van der Waals surface area contributed by atoms with Gasteiger partial charge in [0.25, 0.3) is 0 Å². The summed E-state index contributed by atoms with van der Waals surface area (Å²) < 4.78 is 44.0. The van der Waals surface area contributed by atoms with E-state index in [0.29, 0.717) is 0 Å². The quantitative estimate of drug-likeness (QED) is 0.561. The van der Waals surface area contributed by atoms with Crippen molar-refractivity contribution in [3.05, 3.63) is 65.5 Å². The number of halogens is 1. The van der Waals surface area contributed by atoms with Crippen LogP contribution in [0.3, 0.4) is 0 Å². The van der Waals surface area contributed by atoms with Gasteiger partial charge in [0.15, 0.2) is 12.4 Å². The zero-order valence-electron chi connectivity index (χ0n) is 14.1. The highest BCUT2D eigenvalue weighted by molar-refractivity contribution is 7.89. The third-order valence-corrected chi connectivity index (χ3v) is 4.96. The van der Waals surface area contributed by atoms with Gasteiger partial charge in [-0.1, -0.05) is 17.7 Å². The van der Waals surface area contributed by atoms with Gasteiger partial charge in [0.2, 0.25) is 10.0 Å². The zero-order chi connectivity index (χ0) is 19.2. The monoisotopic (exact) mass is 379 g/mol. The third-order valence-electron chi connectivity index (χ3n) is 3.48. The Balaban J connectivity index is 1.77. The molecule has 0 atom stereocenters. The molecule has 26 heavy (non-hydrogen) atoms. The Bertz CT molecular complexity index is 877. The molecule has 0 bridgehead atoms. The first kappa shape index (κ1) is 19.7. The number of hydrogen-bond acceptors (Lipinski definition) is 5. The van der Waals surface area contributed by atoms with Gasteiger partial charge in [-0.3, -0.25) is 9.59 Å². The molecule has 0 radical (unpaired) electrons. The Kier molecular flexibility index (Phi) is 6.59. The van der Waals surface area contributed by atoms with E-state index in [1.807, 2.05) is 6.92 Å². The molecule has 0 saturated heterocycles. The van der Waals surface area contributed by atoms with Crippen molar-refractivity contribution in [3.8, 4) is 0 Å². The molecule has 0 aromatic heterocycles. The van der Waals surface area contributed by atoms with Crippen LogP contribution in [0.1, 0.15) is 22.3 Å². The van der Waals surface area contributed by atoms with Crippen LogP contribution in [0.15, 0.2) is 53.4 Å². The number of Topliss-reactive ketones (excluding diaryl/α,β-unsaturated/α-hetero) is 1. The largest absolute Gasteiger partial charge is 0.457 e. The number of nitrogens with one attached hydrogen (secondary N) is 1. The van der Waals surface area contributed by atoms with E-state index in [2.05, 4.69) is 4.72 Å². The summed E-state index contributed by atoms with van der Waals surface area (Å²) in [5.41, 5.74) is 1.15. The predicted octanol–water partition coefficient (Wildman–Crippen LogP) is 2.23. The molecule has 0 heterocycles.